The van der Waals surface area contributed by atoms with Crippen molar-refractivity contribution in [2.45, 2.75) is 32.9 Å². The lowest BCUT2D eigenvalue weighted by Crippen LogP contribution is -2.38. The summed E-state index contributed by atoms with van der Waals surface area (Å²) in [4.78, 5) is 27.0. The van der Waals surface area contributed by atoms with Crippen molar-refractivity contribution in [2.24, 2.45) is 7.05 Å². The Bertz CT molecular complexity index is 1170. The second-order valence-corrected chi connectivity index (χ2v) is 9.49. The summed E-state index contributed by atoms with van der Waals surface area (Å²) in [5, 5.41) is 6.41. The lowest BCUT2D eigenvalue weighted by atomic mass is 10.1. The fraction of sp³-hybridized carbons (Fsp3) is 0.458. The van der Waals surface area contributed by atoms with Crippen molar-refractivity contribution in [1.82, 2.24) is 14.5 Å². The monoisotopic (exact) mass is 468 g/mol. The molecule has 2 aromatic heterocycles. The molecule has 176 valence electrons. The second kappa shape index (κ2) is 9.52. The van der Waals surface area contributed by atoms with E-state index in [9.17, 15) is 4.79 Å². The molecule has 0 aliphatic carbocycles. The van der Waals surface area contributed by atoms with Gasteiger partial charge in [0.15, 0.2) is 5.13 Å². The molecule has 1 aliphatic rings. The SMILES string of the molecule is CCO[C@H]1CN(c2nccs2)CC1Nc1c(C)nc(-c2ccc(N(C)C)cc2C)n(C)c1=O. The van der Waals surface area contributed by atoms with Gasteiger partial charge in [-0.3, -0.25) is 9.36 Å². The van der Waals surface area contributed by atoms with E-state index in [1.54, 1.807) is 23.0 Å². The molecule has 4 rings (SSSR count). The molecule has 9 heteroatoms. The number of ether oxygens (including phenoxy) is 1. The highest BCUT2D eigenvalue weighted by Crippen LogP contribution is 2.28. The van der Waals surface area contributed by atoms with Crippen LogP contribution in [0.1, 0.15) is 18.2 Å². The normalized spacial score (nSPS) is 18.1. The Morgan fingerprint density at radius 2 is 2.06 bits per heavy atom. The molecule has 1 aromatic carbocycles. The van der Waals surface area contributed by atoms with Crippen LogP contribution in [0.15, 0.2) is 34.6 Å². The van der Waals surface area contributed by atoms with E-state index in [1.165, 1.54) is 0 Å². The van der Waals surface area contributed by atoms with Crippen molar-refractivity contribution in [3.05, 3.63) is 51.4 Å². The minimum atomic E-state index is -0.0865. The number of hydrogen-bond acceptors (Lipinski definition) is 8. The lowest BCUT2D eigenvalue weighted by Gasteiger charge is -2.22. The molecule has 1 saturated heterocycles. The van der Waals surface area contributed by atoms with Crippen LogP contribution < -0.4 is 20.7 Å². The largest absolute Gasteiger partial charge is 0.378 e. The minimum Gasteiger partial charge on any atom is -0.378 e. The van der Waals surface area contributed by atoms with E-state index in [1.807, 2.05) is 58.6 Å². The molecule has 0 radical (unpaired) electrons. The minimum absolute atomic E-state index is 0.0333. The van der Waals surface area contributed by atoms with Crippen LogP contribution in [-0.2, 0) is 11.8 Å². The summed E-state index contributed by atoms with van der Waals surface area (Å²) >= 11 is 1.61. The quantitative estimate of drug-likeness (QED) is 0.570. The lowest BCUT2D eigenvalue weighted by molar-refractivity contribution is 0.0720. The fourth-order valence-electron chi connectivity index (χ4n) is 4.30. The van der Waals surface area contributed by atoms with Crippen LogP contribution in [-0.4, -0.2) is 60.5 Å². The van der Waals surface area contributed by atoms with Crippen molar-refractivity contribution < 1.29 is 4.74 Å². The first-order chi connectivity index (χ1) is 15.8. The fourth-order valence-corrected chi connectivity index (χ4v) is 4.96. The standard InChI is InChI=1S/C24H32N6O2S/c1-7-32-20-14-30(24-25-10-11-33-24)13-19(20)27-21-16(3)26-22(29(6)23(21)31)18-9-8-17(28(4)5)12-15(18)2/h8-12,19-20,27H,7,13-14H2,1-6H3/t19?,20-/m0/s1. The van der Waals surface area contributed by atoms with E-state index in [4.69, 9.17) is 9.72 Å². The van der Waals surface area contributed by atoms with Gasteiger partial charge < -0.3 is 19.9 Å². The number of nitrogens with zero attached hydrogens (tertiary/aromatic N) is 5. The summed E-state index contributed by atoms with van der Waals surface area (Å²) in [5.41, 5.74) is 4.28. The zero-order valence-electron chi connectivity index (χ0n) is 20.1. The van der Waals surface area contributed by atoms with Gasteiger partial charge in [0.05, 0.1) is 17.8 Å². The number of aryl methyl sites for hydroxylation is 2. The molecule has 33 heavy (non-hydrogen) atoms. The zero-order valence-corrected chi connectivity index (χ0v) is 20.9. The predicted molar refractivity (Wildman–Crippen MR) is 136 cm³/mol. The Hall–Kier alpha value is -2.91. The predicted octanol–water partition coefficient (Wildman–Crippen LogP) is 3.29. The van der Waals surface area contributed by atoms with Gasteiger partial charge in [-0.05, 0) is 44.5 Å². The summed E-state index contributed by atoms with van der Waals surface area (Å²) in [5.74, 6) is 0.669. The summed E-state index contributed by atoms with van der Waals surface area (Å²) in [7, 11) is 5.81. The average molecular weight is 469 g/mol. The zero-order chi connectivity index (χ0) is 23.7. The Kier molecular flexibility index (Phi) is 6.71. The molecular formula is C24H32N6O2S. The van der Waals surface area contributed by atoms with Gasteiger partial charge >= 0.3 is 0 Å². The maximum atomic E-state index is 13.4. The van der Waals surface area contributed by atoms with Gasteiger partial charge in [0.25, 0.3) is 5.56 Å². The van der Waals surface area contributed by atoms with Crippen molar-refractivity contribution in [2.75, 3.05) is 48.9 Å². The second-order valence-electron chi connectivity index (χ2n) is 8.62. The maximum absolute atomic E-state index is 13.4. The Labute approximate surface area is 198 Å². The van der Waals surface area contributed by atoms with Gasteiger partial charge in [-0.15, -0.1) is 11.3 Å². The van der Waals surface area contributed by atoms with Crippen LogP contribution in [0, 0.1) is 13.8 Å². The van der Waals surface area contributed by atoms with Crippen molar-refractivity contribution in [3.8, 4) is 11.4 Å². The Morgan fingerprint density at radius 1 is 1.27 bits per heavy atom. The molecule has 3 aromatic rings. The molecular weight excluding hydrogens is 436 g/mol. The Morgan fingerprint density at radius 3 is 2.70 bits per heavy atom. The van der Waals surface area contributed by atoms with Crippen LogP contribution in [0.5, 0.6) is 0 Å². The highest BCUT2D eigenvalue weighted by Gasteiger charge is 2.35. The molecule has 0 amide bonds. The highest BCUT2D eigenvalue weighted by atomic mass is 32.1. The van der Waals surface area contributed by atoms with Gasteiger partial charge in [-0.25, -0.2) is 9.97 Å². The van der Waals surface area contributed by atoms with Gasteiger partial charge in [-0.2, -0.15) is 0 Å². The van der Waals surface area contributed by atoms with Gasteiger partial charge in [0, 0.05) is 63.7 Å². The smallest absolute Gasteiger partial charge is 0.277 e. The number of anilines is 3. The highest BCUT2D eigenvalue weighted by molar-refractivity contribution is 7.13. The van der Waals surface area contributed by atoms with Crippen LogP contribution in [0.3, 0.4) is 0 Å². The van der Waals surface area contributed by atoms with Crippen LogP contribution in [0.4, 0.5) is 16.5 Å². The summed E-state index contributed by atoms with van der Waals surface area (Å²) in [6.45, 7) is 8.00. The molecule has 2 atom stereocenters. The van der Waals surface area contributed by atoms with Gasteiger partial charge in [0.2, 0.25) is 0 Å². The number of aromatic nitrogens is 3. The topological polar surface area (TPSA) is 75.5 Å². The summed E-state index contributed by atoms with van der Waals surface area (Å²) < 4.78 is 7.64. The molecule has 1 aliphatic heterocycles. The van der Waals surface area contributed by atoms with Gasteiger partial charge in [-0.1, -0.05) is 0 Å². The number of nitrogens with one attached hydrogen (secondary N) is 1. The number of benzene rings is 1. The number of thiazole rings is 1. The van der Waals surface area contributed by atoms with E-state index in [-0.39, 0.29) is 17.7 Å². The summed E-state index contributed by atoms with van der Waals surface area (Å²) in [6, 6.07) is 6.16. The van der Waals surface area contributed by atoms with Gasteiger partial charge in [0.1, 0.15) is 11.5 Å². The maximum Gasteiger partial charge on any atom is 0.277 e. The van der Waals surface area contributed by atoms with Crippen LogP contribution in [0.25, 0.3) is 11.4 Å². The third-order valence-electron chi connectivity index (χ3n) is 6.11. The molecule has 1 unspecified atom stereocenters. The van der Waals surface area contributed by atoms with E-state index in [0.29, 0.717) is 30.4 Å². The van der Waals surface area contributed by atoms with Crippen molar-refractivity contribution in [3.63, 3.8) is 0 Å². The van der Waals surface area contributed by atoms with E-state index < -0.39 is 0 Å². The van der Waals surface area contributed by atoms with E-state index in [0.717, 1.165) is 28.5 Å². The first-order valence-electron chi connectivity index (χ1n) is 11.2. The number of hydrogen-bond donors (Lipinski definition) is 1. The van der Waals surface area contributed by atoms with Crippen molar-refractivity contribution >= 4 is 27.8 Å². The molecule has 1 fully saturated rings. The van der Waals surface area contributed by atoms with Crippen LogP contribution in [0.2, 0.25) is 0 Å². The van der Waals surface area contributed by atoms with E-state index >= 15 is 0 Å². The number of rotatable bonds is 7. The first-order valence-corrected chi connectivity index (χ1v) is 12.1. The summed E-state index contributed by atoms with van der Waals surface area (Å²) in [6.07, 6.45) is 1.77. The van der Waals surface area contributed by atoms with Crippen LogP contribution >= 0.6 is 11.3 Å². The first kappa shape index (κ1) is 23.3. The molecule has 0 saturated carbocycles. The Balaban J connectivity index is 1.64. The third kappa shape index (κ3) is 4.60. The molecule has 0 spiro atoms. The third-order valence-corrected chi connectivity index (χ3v) is 6.94. The molecule has 1 N–H and O–H groups in total. The molecule has 3 heterocycles. The molecule has 0 bridgehead atoms. The molecule has 8 nitrogen and oxygen atoms in total. The average Bonchev–Trinajstić information content (AvgIpc) is 3.44. The van der Waals surface area contributed by atoms with Crippen molar-refractivity contribution in [1.29, 1.82) is 0 Å². The van der Waals surface area contributed by atoms with E-state index in [2.05, 4.69) is 26.2 Å².